The van der Waals surface area contributed by atoms with Crippen LogP contribution in [0.25, 0.3) is 0 Å². The number of hydrogen-bond donors (Lipinski definition) is 0. The van der Waals surface area contributed by atoms with Crippen molar-refractivity contribution in [2.24, 2.45) is 0 Å². The van der Waals surface area contributed by atoms with Gasteiger partial charge in [0, 0.05) is 0 Å². The molecule has 0 unspecified atom stereocenters. The molecule has 0 atom stereocenters. The standard InChI is InChI=1S/C27H54F6NO4PS2/c1-5-8-11-14-17-20-23-39(4,24-21-18-15-12-9-6-2,25-22-19-16-13-10-7-3)34(40(35,36)26(28,29)30)41(37,38)27(31,32)33/h5-25H2,1-4H3. The van der Waals surface area contributed by atoms with Crippen molar-refractivity contribution in [2.45, 2.75) is 147 Å². The van der Waals surface area contributed by atoms with Crippen LogP contribution in [0.5, 0.6) is 0 Å². The van der Waals surface area contributed by atoms with Crippen molar-refractivity contribution in [3.8, 4) is 0 Å². The monoisotopic (exact) mass is 665 g/mol. The fraction of sp³-hybridized carbons (Fsp3) is 1.00. The number of hydrogen-bond acceptors (Lipinski definition) is 4. The summed E-state index contributed by atoms with van der Waals surface area (Å²) in [7, 11) is -13.7. The Balaban J connectivity index is 6.92. The van der Waals surface area contributed by atoms with Gasteiger partial charge in [-0.2, -0.15) is 0 Å². The molecule has 0 N–H and O–H groups in total. The number of rotatable bonds is 24. The van der Waals surface area contributed by atoms with E-state index in [1.54, 1.807) is 0 Å². The molecule has 0 saturated carbocycles. The fourth-order valence-corrected chi connectivity index (χ4v) is 19.4. The molecule has 0 aliphatic rings. The first-order valence-electron chi connectivity index (χ1n) is 15.3. The molecule has 5 nitrogen and oxygen atoms in total. The Morgan fingerprint density at radius 2 is 0.683 bits per heavy atom. The summed E-state index contributed by atoms with van der Waals surface area (Å²) in [6.07, 6.45) is 11.2. The van der Waals surface area contributed by atoms with Crippen LogP contribution in [0.3, 0.4) is 0 Å². The zero-order valence-corrected chi connectivity index (χ0v) is 28.0. The summed E-state index contributed by atoms with van der Waals surface area (Å²) < 4.78 is 135. The van der Waals surface area contributed by atoms with E-state index in [-0.39, 0.29) is 37.7 Å². The van der Waals surface area contributed by atoms with Crippen molar-refractivity contribution in [1.82, 2.24) is 3.48 Å². The molecule has 0 fully saturated rings. The predicted octanol–water partition coefficient (Wildman–Crippen LogP) is 10.2. The number of halogens is 6. The van der Waals surface area contributed by atoms with E-state index in [4.69, 9.17) is 0 Å². The van der Waals surface area contributed by atoms with Crippen molar-refractivity contribution in [1.29, 1.82) is 0 Å². The van der Waals surface area contributed by atoms with Gasteiger partial charge in [0.25, 0.3) is 0 Å². The molecule has 0 aliphatic carbocycles. The van der Waals surface area contributed by atoms with Crippen molar-refractivity contribution in [3.63, 3.8) is 0 Å². The minimum absolute atomic E-state index is 0.168. The molecule has 0 bridgehead atoms. The first-order chi connectivity index (χ1) is 18.9. The van der Waals surface area contributed by atoms with E-state index < -0.39 is 41.3 Å². The van der Waals surface area contributed by atoms with Crippen LogP contribution in [0.1, 0.15) is 136 Å². The quantitative estimate of drug-likeness (QED) is 0.0585. The number of sulfonamides is 2. The molecule has 0 radical (unpaired) electrons. The molecule has 0 aromatic rings. The molecule has 0 amide bonds. The van der Waals surface area contributed by atoms with Crippen LogP contribution in [-0.2, 0) is 20.0 Å². The van der Waals surface area contributed by atoms with Gasteiger partial charge in [-0.05, 0) is 0 Å². The molecule has 14 heteroatoms. The van der Waals surface area contributed by atoms with E-state index in [1.807, 2.05) is 20.8 Å². The van der Waals surface area contributed by atoms with E-state index in [9.17, 15) is 43.2 Å². The van der Waals surface area contributed by atoms with Crippen LogP contribution >= 0.6 is 6.75 Å². The zero-order valence-electron chi connectivity index (χ0n) is 25.5. The summed E-state index contributed by atoms with van der Waals surface area (Å²) in [6, 6.07) is 0. The molecule has 0 aliphatic heterocycles. The van der Waals surface area contributed by atoms with Crippen molar-refractivity contribution >= 4 is 26.8 Å². The van der Waals surface area contributed by atoms with Gasteiger partial charge in [0.2, 0.25) is 0 Å². The molecular weight excluding hydrogens is 611 g/mol. The Morgan fingerprint density at radius 3 is 0.902 bits per heavy atom. The van der Waals surface area contributed by atoms with Gasteiger partial charge < -0.3 is 0 Å². The second-order valence-corrected chi connectivity index (χ2v) is 22.4. The van der Waals surface area contributed by atoms with Gasteiger partial charge in [-0.3, -0.25) is 0 Å². The number of alkyl halides is 6. The molecule has 0 aromatic heterocycles. The van der Waals surface area contributed by atoms with Crippen LogP contribution in [0.4, 0.5) is 26.3 Å². The SMILES string of the molecule is CCCCCCCCP(C)(CCCCCCCC)(CCCCCCCC)N(S(=O)(=O)C(F)(F)F)S(=O)(=O)C(F)(F)F. The Kier molecular flexibility index (Phi) is 17.9. The normalized spacial score (nSPS) is 14.9. The molecule has 0 spiro atoms. The topological polar surface area (TPSA) is 71.5 Å². The third kappa shape index (κ3) is 12.4. The summed E-state index contributed by atoms with van der Waals surface area (Å²) in [6.45, 7) is 2.25. The first-order valence-corrected chi connectivity index (χ1v) is 21.4. The molecular formula is C27H54F6NO4PS2. The van der Waals surface area contributed by atoms with Crippen LogP contribution in [0, 0.1) is 0 Å². The van der Waals surface area contributed by atoms with Crippen LogP contribution in [0.15, 0.2) is 0 Å². The maximum absolute atomic E-state index is 14.0. The van der Waals surface area contributed by atoms with E-state index in [1.165, 1.54) is 6.66 Å². The van der Waals surface area contributed by atoms with Crippen molar-refractivity contribution in [3.05, 3.63) is 0 Å². The van der Waals surface area contributed by atoms with Gasteiger partial charge in [-0.1, -0.05) is 0 Å². The second-order valence-electron chi connectivity index (χ2n) is 11.8. The van der Waals surface area contributed by atoms with Gasteiger partial charge >= 0.3 is 246 Å². The number of nitrogens with zero attached hydrogens (tertiary/aromatic N) is 1. The fourth-order valence-electron chi connectivity index (χ4n) is 5.59. The average Bonchev–Trinajstić information content (AvgIpc) is 2.84. The summed E-state index contributed by atoms with van der Waals surface area (Å²) in [5, 5.41) is 0. The molecule has 0 saturated heterocycles. The van der Waals surface area contributed by atoms with Crippen LogP contribution < -0.4 is 0 Å². The predicted molar refractivity (Wildman–Crippen MR) is 159 cm³/mol. The van der Waals surface area contributed by atoms with Gasteiger partial charge in [0.05, 0.1) is 0 Å². The van der Waals surface area contributed by atoms with E-state index in [0.29, 0.717) is 38.5 Å². The van der Waals surface area contributed by atoms with E-state index >= 15 is 0 Å². The molecule has 0 aromatic carbocycles. The third-order valence-corrected chi connectivity index (χ3v) is 21.3. The van der Waals surface area contributed by atoms with Crippen molar-refractivity contribution in [2.75, 3.05) is 25.2 Å². The molecule has 0 rings (SSSR count). The maximum atomic E-state index is 14.0. The van der Waals surface area contributed by atoms with Crippen LogP contribution in [-0.4, -0.2) is 56.5 Å². The first kappa shape index (κ1) is 40.9. The minimum atomic E-state index is -6.87. The Labute approximate surface area is 245 Å². The van der Waals surface area contributed by atoms with Crippen molar-refractivity contribution < 1.29 is 43.2 Å². The Bertz CT molecular complexity index is 853. The van der Waals surface area contributed by atoms with Gasteiger partial charge in [0.1, 0.15) is 0 Å². The van der Waals surface area contributed by atoms with Crippen LogP contribution in [0.2, 0.25) is 0 Å². The summed E-state index contributed by atoms with van der Waals surface area (Å²) in [5.41, 5.74) is -12.4. The molecule has 0 heterocycles. The van der Waals surface area contributed by atoms with E-state index in [2.05, 4.69) is 0 Å². The molecule has 41 heavy (non-hydrogen) atoms. The second kappa shape index (κ2) is 18.0. The Morgan fingerprint density at radius 1 is 0.463 bits per heavy atom. The Hall–Kier alpha value is -0.130. The summed E-state index contributed by atoms with van der Waals surface area (Å²) >= 11 is 0. The third-order valence-electron chi connectivity index (χ3n) is 7.96. The number of unbranched alkanes of at least 4 members (excludes halogenated alkanes) is 15. The van der Waals surface area contributed by atoms with E-state index in [0.717, 1.165) is 57.8 Å². The molecule has 250 valence electrons. The average molecular weight is 666 g/mol. The zero-order chi connectivity index (χ0) is 31.9. The summed E-state index contributed by atoms with van der Waals surface area (Å²) in [4.78, 5) is 0. The van der Waals surface area contributed by atoms with Gasteiger partial charge in [0.15, 0.2) is 0 Å². The van der Waals surface area contributed by atoms with Gasteiger partial charge in [-0.15, -0.1) is 0 Å². The van der Waals surface area contributed by atoms with Gasteiger partial charge in [-0.25, -0.2) is 0 Å². The summed E-state index contributed by atoms with van der Waals surface area (Å²) in [5.74, 6) is 0.